The van der Waals surface area contributed by atoms with Gasteiger partial charge in [-0.3, -0.25) is 0 Å². The van der Waals surface area contributed by atoms with Gasteiger partial charge in [0.2, 0.25) is 0 Å². The summed E-state index contributed by atoms with van der Waals surface area (Å²) in [5, 5.41) is 13.8. The molecule has 117 valence electrons. The van der Waals surface area contributed by atoms with Gasteiger partial charge in [0.05, 0.1) is 11.4 Å². The predicted octanol–water partition coefficient (Wildman–Crippen LogP) is 5.77. The van der Waals surface area contributed by atoms with Crippen molar-refractivity contribution in [1.82, 2.24) is 0 Å². The lowest BCUT2D eigenvalue weighted by Gasteiger charge is -2.26. The lowest BCUT2D eigenvalue weighted by Crippen LogP contribution is -2.18. The Hall–Kier alpha value is -1.80. The van der Waals surface area contributed by atoms with Gasteiger partial charge >= 0.3 is 0 Å². The molecule has 0 saturated heterocycles. The fourth-order valence-corrected chi connectivity index (χ4v) is 2.52. The summed E-state index contributed by atoms with van der Waals surface area (Å²) in [6, 6.07) is 15.7. The second kappa shape index (κ2) is 5.77. The number of rotatable bonds is 2. The minimum atomic E-state index is -0.0649. The second-order valence-electron chi connectivity index (χ2n) is 7.86. The predicted molar refractivity (Wildman–Crippen MR) is 93.1 cm³/mol. The molecule has 0 aliphatic rings. The zero-order chi connectivity index (χ0) is 16.5. The van der Waals surface area contributed by atoms with Crippen LogP contribution in [0.5, 0.6) is 0 Å². The highest BCUT2D eigenvalue weighted by molar-refractivity contribution is 5.65. The molecule has 1 radical (unpaired) electrons. The molecule has 0 spiro atoms. The smallest absolute Gasteiger partial charge is 0.0764 e. The van der Waals surface area contributed by atoms with Crippen LogP contribution < -0.4 is 5.06 Å². The fraction of sp³-hybridized carbons (Fsp3) is 0.400. The van der Waals surface area contributed by atoms with E-state index >= 15 is 0 Å². The number of anilines is 2. The summed E-state index contributed by atoms with van der Waals surface area (Å²) in [6.45, 7) is 12.9. The van der Waals surface area contributed by atoms with Gasteiger partial charge in [-0.1, -0.05) is 77.1 Å². The van der Waals surface area contributed by atoms with Gasteiger partial charge in [-0.25, -0.2) is 0 Å². The van der Waals surface area contributed by atoms with Crippen molar-refractivity contribution in [3.63, 3.8) is 0 Å². The van der Waals surface area contributed by atoms with Crippen LogP contribution in [0.4, 0.5) is 11.4 Å². The topological polar surface area (TPSA) is 23.1 Å². The Balaban J connectivity index is 2.39. The van der Waals surface area contributed by atoms with Crippen molar-refractivity contribution in [3.8, 4) is 0 Å². The molecule has 2 nitrogen and oxygen atoms in total. The zero-order valence-electron chi connectivity index (χ0n) is 14.5. The summed E-state index contributed by atoms with van der Waals surface area (Å²) in [5.74, 6) is 0. The first-order valence-corrected chi connectivity index (χ1v) is 7.78. The molecule has 2 heteroatoms. The van der Waals surface area contributed by atoms with Crippen molar-refractivity contribution in [2.75, 3.05) is 5.06 Å². The molecule has 0 bridgehead atoms. The molecule has 0 aliphatic carbocycles. The molecule has 22 heavy (non-hydrogen) atoms. The molecule has 0 unspecified atom stereocenters. The van der Waals surface area contributed by atoms with Crippen LogP contribution in [-0.2, 0) is 16.0 Å². The van der Waals surface area contributed by atoms with Crippen LogP contribution in [0, 0.1) is 0 Å². The van der Waals surface area contributed by atoms with E-state index in [2.05, 4.69) is 41.5 Å². The largest absolute Gasteiger partial charge is 0.188 e. The minimum absolute atomic E-state index is 0.0649. The summed E-state index contributed by atoms with van der Waals surface area (Å²) >= 11 is 0. The van der Waals surface area contributed by atoms with Crippen LogP contribution in [0.15, 0.2) is 48.5 Å². The maximum Gasteiger partial charge on any atom is 0.0764 e. The van der Waals surface area contributed by atoms with Crippen LogP contribution in [0.2, 0.25) is 0 Å². The van der Waals surface area contributed by atoms with Crippen LogP contribution in [0.3, 0.4) is 0 Å². The van der Waals surface area contributed by atoms with Crippen LogP contribution in [0.25, 0.3) is 0 Å². The molecule has 0 fully saturated rings. The first kappa shape index (κ1) is 16.6. The molecule has 2 aromatic rings. The van der Waals surface area contributed by atoms with Gasteiger partial charge in [-0.2, -0.15) is 5.06 Å². The molecule has 0 N–H and O–H groups in total. The molecule has 0 aromatic heterocycles. The van der Waals surface area contributed by atoms with E-state index in [9.17, 15) is 5.21 Å². The molecule has 0 aliphatic heterocycles. The highest BCUT2D eigenvalue weighted by Crippen LogP contribution is 2.35. The number of benzene rings is 2. The van der Waals surface area contributed by atoms with E-state index < -0.39 is 0 Å². The van der Waals surface area contributed by atoms with Crippen LogP contribution in [0.1, 0.15) is 52.7 Å². The quantitative estimate of drug-likeness (QED) is 0.646. The Morgan fingerprint density at radius 1 is 0.727 bits per heavy atom. The average molecular weight is 296 g/mol. The molecule has 0 atom stereocenters. The van der Waals surface area contributed by atoms with Gasteiger partial charge in [0, 0.05) is 0 Å². The van der Waals surface area contributed by atoms with Crippen molar-refractivity contribution >= 4 is 11.4 Å². The minimum Gasteiger partial charge on any atom is -0.188 e. The number of hydrogen-bond acceptors (Lipinski definition) is 1. The average Bonchev–Trinajstić information content (AvgIpc) is 2.45. The number of hydrogen-bond donors (Lipinski definition) is 0. The summed E-state index contributed by atoms with van der Waals surface area (Å²) in [4.78, 5) is 0. The maximum atomic E-state index is 12.8. The van der Waals surface area contributed by atoms with Crippen LogP contribution >= 0.6 is 0 Å². The molecule has 0 saturated carbocycles. The van der Waals surface area contributed by atoms with E-state index in [-0.39, 0.29) is 10.8 Å². The summed E-state index contributed by atoms with van der Waals surface area (Å²) < 4.78 is 0. The Kier molecular flexibility index (Phi) is 4.35. The SMILES string of the molecule is CC(C)(C)c1ccc(N([O])c2ccccc2C(C)(C)C)cc1. The molecular formula is C20H26NO. The molecule has 0 heterocycles. The summed E-state index contributed by atoms with van der Waals surface area (Å²) in [7, 11) is 0. The van der Waals surface area contributed by atoms with E-state index in [0.717, 1.165) is 16.3 Å². The third-order valence-electron chi connectivity index (χ3n) is 3.90. The normalized spacial score (nSPS) is 12.3. The zero-order valence-corrected chi connectivity index (χ0v) is 14.5. The molecule has 0 amide bonds. The highest BCUT2D eigenvalue weighted by Gasteiger charge is 2.22. The van der Waals surface area contributed by atoms with Crippen molar-refractivity contribution in [2.45, 2.75) is 52.4 Å². The molecule has 2 rings (SSSR count). The summed E-state index contributed by atoms with van der Waals surface area (Å²) in [6.07, 6.45) is 0. The van der Waals surface area contributed by atoms with E-state index in [4.69, 9.17) is 0 Å². The third-order valence-corrected chi connectivity index (χ3v) is 3.90. The number of nitrogens with zero attached hydrogens (tertiary/aromatic N) is 1. The standard InChI is InChI=1S/C20H26NO/c1-19(2,3)15-11-13-16(14-12-15)21(22)18-10-8-7-9-17(18)20(4,5)6/h7-14H,1-6H3. The van der Waals surface area contributed by atoms with Crippen molar-refractivity contribution in [3.05, 3.63) is 59.7 Å². The molecule has 2 aromatic carbocycles. The number of para-hydroxylation sites is 1. The Morgan fingerprint density at radius 3 is 1.77 bits per heavy atom. The Morgan fingerprint density at radius 2 is 1.27 bits per heavy atom. The second-order valence-corrected chi connectivity index (χ2v) is 7.86. The molecular weight excluding hydrogens is 270 g/mol. The van der Waals surface area contributed by atoms with E-state index in [1.165, 1.54) is 5.56 Å². The van der Waals surface area contributed by atoms with E-state index in [1.807, 2.05) is 48.5 Å². The Bertz CT molecular complexity index is 630. The van der Waals surface area contributed by atoms with Crippen molar-refractivity contribution < 1.29 is 5.21 Å². The third kappa shape index (κ3) is 3.50. The highest BCUT2D eigenvalue weighted by atomic mass is 16.5. The van der Waals surface area contributed by atoms with Gasteiger partial charge < -0.3 is 0 Å². The van der Waals surface area contributed by atoms with Gasteiger partial charge in [0.25, 0.3) is 0 Å². The summed E-state index contributed by atoms with van der Waals surface area (Å²) in [5.41, 5.74) is 3.71. The first-order valence-electron chi connectivity index (χ1n) is 7.78. The van der Waals surface area contributed by atoms with Gasteiger partial charge in [-0.15, -0.1) is 0 Å². The van der Waals surface area contributed by atoms with Crippen LogP contribution in [-0.4, -0.2) is 0 Å². The maximum absolute atomic E-state index is 12.8. The van der Waals surface area contributed by atoms with Gasteiger partial charge in [-0.05, 0) is 40.2 Å². The van der Waals surface area contributed by atoms with Gasteiger partial charge in [0.1, 0.15) is 0 Å². The lowest BCUT2D eigenvalue weighted by molar-refractivity contribution is 0.195. The first-order chi connectivity index (χ1) is 10.1. The fourth-order valence-electron chi connectivity index (χ4n) is 2.52. The monoisotopic (exact) mass is 296 g/mol. The Labute approximate surface area is 134 Å². The van der Waals surface area contributed by atoms with E-state index in [1.54, 1.807) is 0 Å². The van der Waals surface area contributed by atoms with Gasteiger partial charge in [0.15, 0.2) is 0 Å². The van der Waals surface area contributed by atoms with Crippen molar-refractivity contribution in [2.24, 2.45) is 0 Å². The lowest BCUT2D eigenvalue weighted by atomic mass is 9.85. The van der Waals surface area contributed by atoms with Crippen molar-refractivity contribution in [1.29, 1.82) is 0 Å². The van der Waals surface area contributed by atoms with E-state index in [0.29, 0.717) is 5.69 Å².